The molecule has 162 valence electrons. The number of rotatable bonds is 4. The Hall–Kier alpha value is -2.62. The molecule has 10 heteroatoms. The number of halogens is 1. The minimum absolute atomic E-state index is 0.182. The highest BCUT2D eigenvalue weighted by Crippen LogP contribution is 2.37. The summed E-state index contributed by atoms with van der Waals surface area (Å²) in [6.07, 6.45) is 1.47. The van der Waals surface area contributed by atoms with Gasteiger partial charge in [0.05, 0.1) is 10.8 Å². The molecule has 1 fully saturated rings. The maximum Gasteiger partial charge on any atom is 0.247 e. The second kappa shape index (κ2) is 7.81. The van der Waals surface area contributed by atoms with Crippen LogP contribution in [0.25, 0.3) is 11.5 Å². The maximum atomic E-state index is 13.2. The van der Waals surface area contributed by atoms with Crippen LogP contribution in [0.1, 0.15) is 30.2 Å². The van der Waals surface area contributed by atoms with Gasteiger partial charge in [-0.1, -0.05) is 17.7 Å². The molecule has 0 radical (unpaired) electrons. The lowest BCUT2D eigenvalue weighted by atomic mass is 10.00. The topological polar surface area (TPSA) is 94.8 Å². The molecular formula is C21H20ClN3O5S. The highest BCUT2D eigenvalue weighted by molar-refractivity contribution is 7.89. The molecule has 1 unspecified atom stereocenters. The summed E-state index contributed by atoms with van der Waals surface area (Å²) in [4.78, 5) is 0.229. The SMILES string of the molecule is Cc1c(Cl)cccc1S(=O)(=O)N1CCCC(c2nnc(-c3ccc4c(c3)OCO4)o2)C1. The smallest absolute Gasteiger partial charge is 0.247 e. The first-order chi connectivity index (χ1) is 14.9. The Kier molecular flexibility index (Phi) is 5.11. The van der Waals surface area contributed by atoms with E-state index in [4.69, 9.17) is 25.5 Å². The van der Waals surface area contributed by atoms with Gasteiger partial charge in [-0.15, -0.1) is 10.2 Å². The molecule has 2 aromatic carbocycles. The van der Waals surface area contributed by atoms with Gasteiger partial charge >= 0.3 is 0 Å². The lowest BCUT2D eigenvalue weighted by Crippen LogP contribution is -2.39. The van der Waals surface area contributed by atoms with Gasteiger partial charge in [0, 0.05) is 23.7 Å². The van der Waals surface area contributed by atoms with Crippen molar-refractivity contribution >= 4 is 21.6 Å². The molecule has 1 saturated heterocycles. The van der Waals surface area contributed by atoms with E-state index in [1.165, 1.54) is 4.31 Å². The normalized spacial score (nSPS) is 19.0. The highest BCUT2D eigenvalue weighted by atomic mass is 35.5. The molecule has 0 amide bonds. The third-order valence-electron chi connectivity index (χ3n) is 5.63. The number of nitrogens with zero attached hydrogens (tertiary/aromatic N) is 3. The van der Waals surface area contributed by atoms with Gasteiger partial charge in [0.15, 0.2) is 11.5 Å². The summed E-state index contributed by atoms with van der Waals surface area (Å²) in [5.41, 5.74) is 1.27. The van der Waals surface area contributed by atoms with Crippen molar-refractivity contribution in [3.63, 3.8) is 0 Å². The van der Waals surface area contributed by atoms with Gasteiger partial charge in [0.25, 0.3) is 0 Å². The molecule has 8 nitrogen and oxygen atoms in total. The van der Waals surface area contributed by atoms with Crippen LogP contribution >= 0.6 is 11.6 Å². The zero-order valence-electron chi connectivity index (χ0n) is 16.7. The average Bonchev–Trinajstić information content (AvgIpc) is 3.45. The number of hydrogen-bond donors (Lipinski definition) is 0. The molecule has 2 aliphatic heterocycles. The molecule has 0 N–H and O–H groups in total. The van der Waals surface area contributed by atoms with Crippen molar-refractivity contribution in [1.82, 2.24) is 14.5 Å². The summed E-state index contributed by atoms with van der Waals surface area (Å²) >= 11 is 6.15. The number of ether oxygens (including phenoxy) is 2. The molecule has 2 aliphatic rings. The van der Waals surface area contributed by atoms with Gasteiger partial charge in [-0.3, -0.25) is 0 Å². The Morgan fingerprint density at radius 1 is 1.13 bits per heavy atom. The van der Waals surface area contributed by atoms with Crippen LogP contribution in [0.15, 0.2) is 45.7 Å². The van der Waals surface area contributed by atoms with Gasteiger partial charge in [0.2, 0.25) is 28.6 Å². The van der Waals surface area contributed by atoms with Crippen molar-refractivity contribution in [2.45, 2.75) is 30.6 Å². The van der Waals surface area contributed by atoms with E-state index in [1.54, 1.807) is 37.3 Å². The molecule has 5 rings (SSSR count). The maximum absolute atomic E-state index is 13.2. The minimum atomic E-state index is -3.68. The lowest BCUT2D eigenvalue weighted by Gasteiger charge is -2.30. The van der Waals surface area contributed by atoms with Gasteiger partial charge in [-0.2, -0.15) is 4.31 Å². The van der Waals surface area contributed by atoms with E-state index in [2.05, 4.69) is 10.2 Å². The summed E-state index contributed by atoms with van der Waals surface area (Å²) < 4.78 is 44.6. The van der Waals surface area contributed by atoms with Crippen molar-refractivity contribution in [3.05, 3.63) is 52.9 Å². The predicted octanol–water partition coefficient (Wildman–Crippen LogP) is 4.00. The van der Waals surface area contributed by atoms with Crippen molar-refractivity contribution in [3.8, 4) is 23.0 Å². The number of piperidine rings is 1. The van der Waals surface area contributed by atoms with Crippen LogP contribution in [0.3, 0.4) is 0 Å². The zero-order chi connectivity index (χ0) is 21.6. The summed E-state index contributed by atoms with van der Waals surface area (Å²) in [7, 11) is -3.68. The van der Waals surface area contributed by atoms with Crippen molar-refractivity contribution in [1.29, 1.82) is 0 Å². The van der Waals surface area contributed by atoms with E-state index in [9.17, 15) is 8.42 Å². The number of sulfonamides is 1. The Morgan fingerprint density at radius 3 is 2.84 bits per heavy atom. The number of hydrogen-bond acceptors (Lipinski definition) is 7. The standard InChI is InChI=1S/C21H20ClN3O5S/c1-13-16(22)5-2-6-19(13)31(26,27)25-9-3-4-15(11-25)21-24-23-20(30-21)14-7-8-17-18(10-14)29-12-28-17/h2,5-8,10,15H,3-4,9,11-12H2,1H3. The Balaban J connectivity index is 1.38. The van der Waals surface area contributed by atoms with Crippen LogP contribution in [0.5, 0.6) is 11.5 Å². The summed E-state index contributed by atoms with van der Waals surface area (Å²) in [5.74, 6) is 1.91. The van der Waals surface area contributed by atoms with E-state index in [1.807, 2.05) is 6.07 Å². The van der Waals surface area contributed by atoms with Gasteiger partial charge in [-0.25, -0.2) is 8.42 Å². The molecule has 0 saturated carbocycles. The molecule has 0 spiro atoms. The van der Waals surface area contributed by atoms with Crippen LogP contribution in [0.2, 0.25) is 5.02 Å². The second-order valence-electron chi connectivity index (χ2n) is 7.58. The van der Waals surface area contributed by atoms with Crippen LogP contribution in [-0.2, 0) is 10.0 Å². The molecule has 1 atom stereocenters. The third kappa shape index (κ3) is 3.66. The number of fused-ring (bicyclic) bond motifs is 1. The molecule has 0 bridgehead atoms. The van der Waals surface area contributed by atoms with E-state index in [0.717, 1.165) is 12.0 Å². The average molecular weight is 462 g/mol. The summed E-state index contributed by atoms with van der Waals surface area (Å²) in [6, 6.07) is 10.3. The van der Waals surface area contributed by atoms with Crippen molar-refractivity contribution in [2.75, 3.05) is 19.9 Å². The molecule has 31 heavy (non-hydrogen) atoms. The van der Waals surface area contributed by atoms with Crippen LogP contribution in [0.4, 0.5) is 0 Å². The Bertz CT molecular complexity index is 1240. The van der Waals surface area contributed by atoms with E-state index >= 15 is 0 Å². The van der Waals surface area contributed by atoms with Crippen LogP contribution in [-0.4, -0.2) is 42.8 Å². The van der Waals surface area contributed by atoms with Gasteiger partial charge in [-0.05, 0) is 55.7 Å². The molecule has 1 aromatic heterocycles. The monoisotopic (exact) mass is 461 g/mol. The first-order valence-corrected chi connectivity index (χ1v) is 11.7. The first kappa shape index (κ1) is 20.3. The number of benzene rings is 2. The summed E-state index contributed by atoms with van der Waals surface area (Å²) in [5, 5.41) is 8.79. The fourth-order valence-electron chi connectivity index (χ4n) is 3.91. The van der Waals surface area contributed by atoms with Crippen LogP contribution < -0.4 is 9.47 Å². The summed E-state index contributed by atoms with van der Waals surface area (Å²) in [6.45, 7) is 2.61. The van der Waals surface area contributed by atoms with Gasteiger partial charge in [0.1, 0.15) is 0 Å². The van der Waals surface area contributed by atoms with Crippen molar-refractivity contribution < 1.29 is 22.3 Å². The molecular weight excluding hydrogens is 442 g/mol. The molecule has 3 aromatic rings. The zero-order valence-corrected chi connectivity index (χ0v) is 18.3. The Labute approximate surface area is 184 Å². The number of aromatic nitrogens is 2. The fourth-order valence-corrected chi connectivity index (χ4v) is 5.92. The van der Waals surface area contributed by atoms with E-state index in [-0.39, 0.29) is 24.2 Å². The molecule has 0 aliphatic carbocycles. The second-order valence-corrected chi connectivity index (χ2v) is 9.89. The minimum Gasteiger partial charge on any atom is -0.454 e. The largest absolute Gasteiger partial charge is 0.454 e. The quantitative estimate of drug-likeness (QED) is 0.579. The lowest BCUT2D eigenvalue weighted by molar-refractivity contribution is 0.174. The third-order valence-corrected chi connectivity index (χ3v) is 8.05. The first-order valence-electron chi connectivity index (χ1n) is 9.92. The van der Waals surface area contributed by atoms with Crippen LogP contribution in [0, 0.1) is 6.92 Å². The van der Waals surface area contributed by atoms with Crippen molar-refractivity contribution in [2.24, 2.45) is 0 Å². The van der Waals surface area contributed by atoms with E-state index in [0.29, 0.717) is 46.8 Å². The Morgan fingerprint density at radius 2 is 1.97 bits per heavy atom. The predicted molar refractivity (Wildman–Crippen MR) is 113 cm³/mol. The van der Waals surface area contributed by atoms with E-state index < -0.39 is 10.0 Å². The van der Waals surface area contributed by atoms with Gasteiger partial charge < -0.3 is 13.9 Å². The highest BCUT2D eigenvalue weighted by Gasteiger charge is 2.34. The fraction of sp³-hybridized carbons (Fsp3) is 0.333. The molecule has 3 heterocycles.